The Morgan fingerprint density at radius 1 is 1.38 bits per heavy atom. The molecule has 0 spiro atoms. The van der Waals surface area contributed by atoms with Crippen LogP contribution in [0, 0.1) is 0 Å². The van der Waals surface area contributed by atoms with E-state index in [0.717, 1.165) is 5.56 Å². The van der Waals surface area contributed by atoms with Crippen molar-refractivity contribution in [2.45, 2.75) is 13.5 Å². The first kappa shape index (κ1) is 9.52. The highest BCUT2D eigenvalue weighted by Crippen LogP contribution is 2.00. The van der Waals surface area contributed by atoms with Crippen molar-refractivity contribution in [3.8, 4) is 0 Å². The van der Waals surface area contributed by atoms with Gasteiger partial charge in [0.05, 0.1) is 6.26 Å². The minimum absolute atomic E-state index is 0.00642. The lowest BCUT2D eigenvalue weighted by Gasteiger charge is -1.99. The molecule has 0 saturated heterocycles. The van der Waals surface area contributed by atoms with E-state index in [1.165, 1.54) is 19.3 Å². The predicted molar refractivity (Wildman–Crippen MR) is 51.1 cm³/mol. The molecule has 0 amide bonds. The highest BCUT2D eigenvalue weighted by molar-refractivity contribution is 5.86. The zero-order valence-corrected chi connectivity index (χ0v) is 7.57. The average Bonchev–Trinajstić information content (AvgIpc) is 2.14. The Balaban J connectivity index is 2.32. The Labute approximate surface area is 77.8 Å². The largest absolute Gasteiger partial charge is 0.496 e. The second kappa shape index (κ2) is 5.14. The molecule has 0 N–H and O–H groups in total. The summed E-state index contributed by atoms with van der Waals surface area (Å²) in [5.74, 6) is -0.00642. The lowest BCUT2D eigenvalue weighted by Crippen LogP contribution is -1.87. The van der Waals surface area contributed by atoms with Gasteiger partial charge in [0.1, 0.15) is 6.61 Å². The molecule has 0 heterocycles. The first-order chi connectivity index (χ1) is 6.29. The molecule has 2 nitrogen and oxygen atoms in total. The van der Waals surface area contributed by atoms with Crippen LogP contribution in [0.5, 0.6) is 0 Å². The van der Waals surface area contributed by atoms with Gasteiger partial charge in [0.25, 0.3) is 0 Å². The van der Waals surface area contributed by atoms with Gasteiger partial charge < -0.3 is 4.74 Å². The summed E-state index contributed by atoms with van der Waals surface area (Å²) in [4.78, 5) is 10.5. The van der Waals surface area contributed by atoms with Crippen molar-refractivity contribution in [2.75, 3.05) is 0 Å². The number of ether oxygens (including phenoxy) is 1. The van der Waals surface area contributed by atoms with Crippen LogP contribution >= 0.6 is 0 Å². The fourth-order valence-corrected chi connectivity index (χ4v) is 0.863. The maximum atomic E-state index is 10.5. The predicted octanol–water partition coefficient (Wildman–Crippen LogP) is 2.31. The maximum absolute atomic E-state index is 10.5. The molecule has 0 unspecified atom stereocenters. The fraction of sp³-hybridized carbons (Fsp3) is 0.182. The molecule has 0 bridgehead atoms. The molecular weight excluding hydrogens is 164 g/mol. The minimum Gasteiger partial charge on any atom is -0.496 e. The van der Waals surface area contributed by atoms with E-state index in [9.17, 15) is 4.79 Å². The minimum atomic E-state index is -0.00642. The van der Waals surface area contributed by atoms with Crippen molar-refractivity contribution < 1.29 is 9.53 Å². The van der Waals surface area contributed by atoms with Crippen LogP contribution in [0.25, 0.3) is 0 Å². The normalized spacial score (nSPS) is 10.2. The van der Waals surface area contributed by atoms with E-state index in [-0.39, 0.29) is 5.78 Å². The Morgan fingerprint density at radius 3 is 2.69 bits per heavy atom. The first-order valence-electron chi connectivity index (χ1n) is 4.11. The summed E-state index contributed by atoms with van der Waals surface area (Å²) < 4.78 is 5.13. The molecule has 1 rings (SSSR count). The summed E-state index contributed by atoms with van der Waals surface area (Å²) in [6.07, 6.45) is 2.83. The average molecular weight is 176 g/mol. The third-order valence-corrected chi connectivity index (χ3v) is 1.49. The van der Waals surface area contributed by atoms with Gasteiger partial charge in [-0.05, 0) is 12.5 Å². The van der Waals surface area contributed by atoms with E-state index in [1.54, 1.807) is 0 Å². The molecule has 0 aliphatic rings. The van der Waals surface area contributed by atoms with Crippen molar-refractivity contribution in [2.24, 2.45) is 0 Å². The van der Waals surface area contributed by atoms with Gasteiger partial charge in [-0.2, -0.15) is 0 Å². The summed E-state index contributed by atoms with van der Waals surface area (Å²) in [5.41, 5.74) is 1.09. The summed E-state index contributed by atoms with van der Waals surface area (Å²) in [6.45, 7) is 1.99. The first-order valence-corrected chi connectivity index (χ1v) is 4.11. The molecule has 13 heavy (non-hydrogen) atoms. The molecule has 1 aromatic rings. The monoisotopic (exact) mass is 176 g/mol. The molecule has 0 aliphatic heterocycles. The van der Waals surface area contributed by atoms with E-state index in [0.29, 0.717) is 6.61 Å². The molecule has 2 heteroatoms. The van der Waals surface area contributed by atoms with Crippen LogP contribution in [0.15, 0.2) is 42.7 Å². The van der Waals surface area contributed by atoms with Crippen LogP contribution in [0.2, 0.25) is 0 Å². The topological polar surface area (TPSA) is 26.3 Å². The van der Waals surface area contributed by atoms with E-state index >= 15 is 0 Å². The zero-order chi connectivity index (χ0) is 9.52. The van der Waals surface area contributed by atoms with Crippen molar-refractivity contribution >= 4 is 5.78 Å². The third kappa shape index (κ3) is 4.11. The summed E-state index contributed by atoms with van der Waals surface area (Å²) in [5, 5.41) is 0. The molecule has 0 aromatic heterocycles. The molecular formula is C11H12O2. The second-order valence-corrected chi connectivity index (χ2v) is 2.71. The lowest BCUT2D eigenvalue weighted by molar-refractivity contribution is -0.112. The highest BCUT2D eigenvalue weighted by atomic mass is 16.5. The van der Waals surface area contributed by atoms with Crippen LogP contribution < -0.4 is 0 Å². The maximum Gasteiger partial charge on any atom is 0.155 e. The molecule has 68 valence electrons. The molecule has 0 fully saturated rings. The zero-order valence-electron chi connectivity index (χ0n) is 7.57. The van der Waals surface area contributed by atoms with Gasteiger partial charge in [-0.3, -0.25) is 4.79 Å². The molecule has 0 atom stereocenters. The van der Waals surface area contributed by atoms with Gasteiger partial charge in [-0.15, -0.1) is 0 Å². The molecule has 0 radical (unpaired) electrons. The Morgan fingerprint density at radius 2 is 2.08 bits per heavy atom. The Bertz CT molecular complexity index is 288. The second-order valence-electron chi connectivity index (χ2n) is 2.71. The lowest BCUT2D eigenvalue weighted by atomic mass is 10.2. The molecule has 0 aliphatic carbocycles. The number of ketones is 1. The number of hydrogen-bond acceptors (Lipinski definition) is 2. The van der Waals surface area contributed by atoms with E-state index < -0.39 is 0 Å². The molecule has 0 saturated carbocycles. The van der Waals surface area contributed by atoms with Crippen LogP contribution in [0.3, 0.4) is 0 Å². The number of carbonyl (C=O) groups is 1. The summed E-state index contributed by atoms with van der Waals surface area (Å²) in [7, 11) is 0. The van der Waals surface area contributed by atoms with Crippen molar-refractivity contribution in [1.82, 2.24) is 0 Å². The van der Waals surface area contributed by atoms with Gasteiger partial charge in [0.15, 0.2) is 5.78 Å². The number of allylic oxidation sites excluding steroid dienone is 1. The van der Waals surface area contributed by atoms with E-state index in [4.69, 9.17) is 4.74 Å². The van der Waals surface area contributed by atoms with Crippen LogP contribution in [-0.2, 0) is 16.1 Å². The smallest absolute Gasteiger partial charge is 0.155 e. The number of carbonyl (C=O) groups excluding carboxylic acids is 1. The van der Waals surface area contributed by atoms with Gasteiger partial charge in [-0.1, -0.05) is 30.3 Å². The van der Waals surface area contributed by atoms with Crippen LogP contribution in [0.4, 0.5) is 0 Å². The molecule has 1 aromatic carbocycles. The van der Waals surface area contributed by atoms with E-state index in [1.807, 2.05) is 30.3 Å². The Kier molecular flexibility index (Phi) is 3.76. The van der Waals surface area contributed by atoms with Gasteiger partial charge in [0, 0.05) is 6.08 Å². The Hall–Kier alpha value is -1.57. The standard InChI is InChI=1S/C11H12O2/c1-10(12)7-8-13-9-11-5-3-2-4-6-11/h2-8H,9H2,1H3/b8-7+. The van der Waals surface area contributed by atoms with Gasteiger partial charge in [0.2, 0.25) is 0 Å². The SMILES string of the molecule is CC(=O)/C=C/OCc1ccccc1. The van der Waals surface area contributed by atoms with Crippen molar-refractivity contribution in [3.63, 3.8) is 0 Å². The van der Waals surface area contributed by atoms with Crippen LogP contribution in [0.1, 0.15) is 12.5 Å². The fourth-order valence-electron chi connectivity index (χ4n) is 0.863. The number of rotatable bonds is 4. The van der Waals surface area contributed by atoms with Crippen LogP contribution in [-0.4, -0.2) is 5.78 Å². The number of benzene rings is 1. The van der Waals surface area contributed by atoms with Crippen molar-refractivity contribution in [3.05, 3.63) is 48.2 Å². The third-order valence-electron chi connectivity index (χ3n) is 1.49. The number of hydrogen-bond donors (Lipinski definition) is 0. The summed E-state index contributed by atoms with van der Waals surface area (Å²) >= 11 is 0. The van der Waals surface area contributed by atoms with Gasteiger partial charge >= 0.3 is 0 Å². The van der Waals surface area contributed by atoms with Crippen molar-refractivity contribution in [1.29, 1.82) is 0 Å². The highest BCUT2D eigenvalue weighted by Gasteiger charge is 1.88. The summed E-state index contributed by atoms with van der Waals surface area (Å²) in [6, 6.07) is 9.80. The van der Waals surface area contributed by atoms with Gasteiger partial charge in [-0.25, -0.2) is 0 Å². The van der Waals surface area contributed by atoms with E-state index in [2.05, 4.69) is 0 Å². The quantitative estimate of drug-likeness (QED) is 0.519.